The third-order valence-corrected chi connectivity index (χ3v) is 2.46. The molecule has 9 nitrogen and oxygen atoms in total. The van der Waals surface area contributed by atoms with E-state index in [9.17, 15) is 25.5 Å². The summed E-state index contributed by atoms with van der Waals surface area (Å²) >= 11 is 0. The van der Waals surface area contributed by atoms with Gasteiger partial charge in [0.2, 0.25) is 0 Å². The second-order valence-corrected chi connectivity index (χ2v) is 3.40. The zero-order valence-electron chi connectivity index (χ0n) is 7.27. The van der Waals surface area contributed by atoms with Gasteiger partial charge in [0.05, 0.1) is 6.61 Å². The SMILES string of the molecule is OC[C@H]1OC2(O)OO[C@]2(O)C(O)(O)[C@H]1O. The van der Waals surface area contributed by atoms with Crippen molar-refractivity contribution in [1.29, 1.82) is 0 Å². The zero-order chi connectivity index (χ0) is 11.5. The van der Waals surface area contributed by atoms with Crippen molar-refractivity contribution >= 4 is 0 Å². The smallest absolute Gasteiger partial charge is 0.374 e. The molecule has 0 radical (unpaired) electrons. The standard InChI is InChI=1S/C6H10O9/c7-1-2-3(8)4(9,10)5(11)6(12,13-2)15-14-5/h2-3,7-12H,1H2/t2-,3+,5-,6?/m1/s1. The van der Waals surface area contributed by atoms with Crippen LogP contribution in [0.1, 0.15) is 0 Å². The number of aliphatic hydroxyl groups is 6. The molecule has 4 atom stereocenters. The van der Waals surface area contributed by atoms with E-state index in [-0.39, 0.29) is 0 Å². The van der Waals surface area contributed by atoms with Crippen LogP contribution < -0.4 is 0 Å². The maximum absolute atomic E-state index is 9.44. The minimum atomic E-state index is -3.24. The van der Waals surface area contributed by atoms with Crippen LogP contribution >= 0.6 is 0 Å². The molecule has 2 fully saturated rings. The van der Waals surface area contributed by atoms with Gasteiger partial charge in [-0.15, -0.1) is 0 Å². The first-order valence-corrected chi connectivity index (χ1v) is 4.01. The Morgan fingerprint density at radius 3 is 2.07 bits per heavy atom. The highest BCUT2D eigenvalue weighted by Crippen LogP contribution is 2.50. The van der Waals surface area contributed by atoms with Gasteiger partial charge >= 0.3 is 11.8 Å². The monoisotopic (exact) mass is 226 g/mol. The molecule has 0 aliphatic carbocycles. The summed E-state index contributed by atoms with van der Waals surface area (Å²) in [5, 5.41) is 55.6. The molecule has 2 rings (SSSR count). The largest absolute Gasteiger partial charge is 0.394 e. The van der Waals surface area contributed by atoms with Crippen molar-refractivity contribution < 1.29 is 45.2 Å². The van der Waals surface area contributed by atoms with E-state index in [4.69, 9.17) is 5.11 Å². The van der Waals surface area contributed by atoms with Crippen molar-refractivity contribution in [3.63, 3.8) is 0 Å². The fraction of sp³-hybridized carbons (Fsp3) is 1.00. The van der Waals surface area contributed by atoms with E-state index in [1.54, 1.807) is 0 Å². The third kappa shape index (κ3) is 1.07. The Balaban J connectivity index is 2.36. The summed E-state index contributed by atoms with van der Waals surface area (Å²) in [6, 6.07) is 0. The van der Waals surface area contributed by atoms with Gasteiger partial charge in [0.1, 0.15) is 12.2 Å². The maximum atomic E-state index is 9.44. The van der Waals surface area contributed by atoms with Crippen molar-refractivity contribution in [1.82, 2.24) is 0 Å². The molecule has 1 unspecified atom stereocenters. The zero-order valence-corrected chi connectivity index (χ0v) is 7.27. The summed E-state index contributed by atoms with van der Waals surface area (Å²) in [4.78, 5) is 7.92. The van der Waals surface area contributed by atoms with E-state index in [1.165, 1.54) is 0 Å². The lowest BCUT2D eigenvalue weighted by Gasteiger charge is -2.58. The molecule has 0 aromatic rings. The predicted octanol–water partition coefficient (Wildman–Crippen LogP) is -4.28. The molecule has 2 aliphatic rings. The molecule has 0 aromatic carbocycles. The van der Waals surface area contributed by atoms with Crippen LogP contribution in [0.3, 0.4) is 0 Å². The number of hydrogen-bond donors (Lipinski definition) is 6. The Labute approximate surface area is 82.6 Å². The molecule has 15 heavy (non-hydrogen) atoms. The highest BCUT2D eigenvalue weighted by molar-refractivity contribution is 5.05. The Kier molecular flexibility index (Phi) is 2.12. The summed E-state index contributed by atoms with van der Waals surface area (Å²) in [5.41, 5.74) is 0. The molecule has 0 spiro atoms. The van der Waals surface area contributed by atoms with Gasteiger partial charge in [-0.25, -0.2) is 0 Å². The summed E-state index contributed by atoms with van der Waals surface area (Å²) in [5.74, 6) is -9.13. The lowest BCUT2D eigenvalue weighted by molar-refractivity contribution is -0.754. The van der Waals surface area contributed by atoms with E-state index < -0.39 is 36.4 Å². The first-order valence-electron chi connectivity index (χ1n) is 4.01. The van der Waals surface area contributed by atoms with Gasteiger partial charge in [-0.05, 0) is 0 Å². The maximum Gasteiger partial charge on any atom is 0.374 e. The summed E-state index contributed by atoms with van der Waals surface area (Å²) in [7, 11) is 0. The Hall–Kier alpha value is -0.360. The number of ether oxygens (including phenoxy) is 1. The number of hydrogen-bond acceptors (Lipinski definition) is 9. The minimum Gasteiger partial charge on any atom is -0.394 e. The Morgan fingerprint density at radius 2 is 1.67 bits per heavy atom. The predicted molar refractivity (Wildman–Crippen MR) is 37.2 cm³/mol. The molecule has 6 N–H and O–H groups in total. The van der Waals surface area contributed by atoms with Gasteiger partial charge in [0.15, 0.2) is 0 Å². The molecule has 0 amide bonds. The van der Waals surface area contributed by atoms with Gasteiger partial charge in [-0.3, -0.25) is 0 Å². The topological polar surface area (TPSA) is 149 Å². The number of rotatable bonds is 1. The Morgan fingerprint density at radius 1 is 1.07 bits per heavy atom. The second-order valence-electron chi connectivity index (χ2n) is 3.40. The molecular weight excluding hydrogens is 216 g/mol. The average molecular weight is 226 g/mol. The minimum absolute atomic E-state index is 0.828. The molecule has 2 saturated heterocycles. The van der Waals surface area contributed by atoms with Crippen LogP contribution in [0.2, 0.25) is 0 Å². The van der Waals surface area contributed by atoms with E-state index in [0.717, 1.165) is 0 Å². The molecule has 0 bridgehead atoms. The van der Waals surface area contributed by atoms with Crippen LogP contribution in [0.5, 0.6) is 0 Å². The highest BCUT2D eigenvalue weighted by atomic mass is 17.3. The van der Waals surface area contributed by atoms with Crippen LogP contribution in [-0.2, 0) is 14.5 Å². The fourth-order valence-electron chi connectivity index (χ4n) is 1.45. The van der Waals surface area contributed by atoms with Crippen molar-refractivity contribution in [2.24, 2.45) is 0 Å². The average Bonchev–Trinajstić information content (AvgIpc) is 2.20. The number of fused-ring (bicyclic) bond motifs is 1. The molecule has 2 heterocycles. The summed E-state index contributed by atoms with van der Waals surface area (Å²) in [6.45, 7) is -0.828. The van der Waals surface area contributed by atoms with Gasteiger partial charge < -0.3 is 35.4 Å². The second kappa shape index (κ2) is 2.85. The highest BCUT2D eigenvalue weighted by Gasteiger charge is 2.82. The van der Waals surface area contributed by atoms with Crippen molar-refractivity contribution in [3.8, 4) is 0 Å². The first-order chi connectivity index (χ1) is 6.78. The molecular formula is C6H10O9. The summed E-state index contributed by atoms with van der Waals surface area (Å²) in [6.07, 6.45) is -3.63. The van der Waals surface area contributed by atoms with Crippen molar-refractivity contribution in [2.45, 2.75) is 29.8 Å². The van der Waals surface area contributed by atoms with Crippen LogP contribution in [0.4, 0.5) is 0 Å². The molecule has 88 valence electrons. The van der Waals surface area contributed by atoms with E-state index >= 15 is 0 Å². The molecule has 0 saturated carbocycles. The van der Waals surface area contributed by atoms with Gasteiger partial charge in [-0.1, -0.05) is 0 Å². The number of aliphatic hydroxyl groups excluding tert-OH is 2. The van der Waals surface area contributed by atoms with Gasteiger partial charge in [-0.2, -0.15) is 9.78 Å². The van der Waals surface area contributed by atoms with E-state index in [2.05, 4.69) is 14.5 Å². The van der Waals surface area contributed by atoms with Crippen LogP contribution in [0.15, 0.2) is 0 Å². The molecule has 9 heteroatoms. The first kappa shape index (κ1) is 11.1. The van der Waals surface area contributed by atoms with Crippen LogP contribution in [-0.4, -0.2) is 67.0 Å². The Bertz CT molecular complexity index is 280. The summed E-state index contributed by atoms with van der Waals surface area (Å²) < 4.78 is 4.51. The van der Waals surface area contributed by atoms with Crippen LogP contribution in [0.25, 0.3) is 0 Å². The van der Waals surface area contributed by atoms with Crippen molar-refractivity contribution in [3.05, 3.63) is 0 Å². The quantitative estimate of drug-likeness (QED) is 0.193. The van der Waals surface area contributed by atoms with E-state index in [0.29, 0.717) is 0 Å². The molecule has 0 aromatic heterocycles. The van der Waals surface area contributed by atoms with Gasteiger partial charge in [0, 0.05) is 0 Å². The lowest BCUT2D eigenvalue weighted by Crippen LogP contribution is -2.86. The fourth-order valence-corrected chi connectivity index (χ4v) is 1.45. The third-order valence-electron chi connectivity index (χ3n) is 2.46. The van der Waals surface area contributed by atoms with Crippen LogP contribution in [0, 0.1) is 0 Å². The van der Waals surface area contributed by atoms with Crippen molar-refractivity contribution in [2.75, 3.05) is 6.61 Å². The molecule has 2 aliphatic heterocycles. The van der Waals surface area contributed by atoms with Gasteiger partial charge in [0.25, 0.3) is 5.79 Å². The normalized spacial score (nSPS) is 53.2. The lowest BCUT2D eigenvalue weighted by atomic mass is 9.89. The van der Waals surface area contributed by atoms with E-state index in [1.807, 2.05) is 0 Å².